The van der Waals surface area contributed by atoms with Crippen LogP contribution in [-0.4, -0.2) is 78.4 Å². The van der Waals surface area contributed by atoms with Gasteiger partial charge in [0.25, 0.3) is 0 Å². The second-order valence-corrected chi connectivity index (χ2v) is 13.0. The minimum atomic E-state index is -0.146. The number of ketones is 1. The van der Waals surface area contributed by atoms with Crippen molar-refractivity contribution in [3.8, 4) is 6.01 Å². The van der Waals surface area contributed by atoms with E-state index in [1.54, 1.807) is 6.08 Å². The molecule has 230 valence electrons. The molecule has 4 heterocycles. The van der Waals surface area contributed by atoms with Crippen molar-refractivity contribution in [1.29, 1.82) is 0 Å². The van der Waals surface area contributed by atoms with E-state index in [0.29, 0.717) is 56.6 Å². The monoisotopic (exact) mass is 656 g/mol. The molecule has 8 nitrogen and oxygen atoms in total. The zero-order chi connectivity index (χ0) is 30.6. The lowest BCUT2D eigenvalue weighted by molar-refractivity contribution is -0.120. The Kier molecular flexibility index (Phi) is 9.48. The van der Waals surface area contributed by atoms with Gasteiger partial charge in [0.1, 0.15) is 12.4 Å². The smallest absolute Gasteiger partial charge is 0.318 e. The molecule has 1 aromatic heterocycles. The number of likely N-dealkylation sites (tertiary alicyclic amines) is 1. The van der Waals surface area contributed by atoms with Gasteiger partial charge >= 0.3 is 6.01 Å². The van der Waals surface area contributed by atoms with Crippen LogP contribution in [0.25, 0.3) is 15.6 Å². The minimum absolute atomic E-state index is 0.0467. The van der Waals surface area contributed by atoms with Crippen LogP contribution in [0.2, 0.25) is 0 Å². The molecule has 6 rings (SSSR count). The highest BCUT2D eigenvalue weighted by atomic mass is 79.9. The maximum absolute atomic E-state index is 13.0. The zero-order valence-electron chi connectivity index (χ0n) is 25.7. The van der Waals surface area contributed by atoms with Gasteiger partial charge in [0.2, 0.25) is 6.54 Å². The largest absolute Gasteiger partial charge is 0.462 e. The Balaban J connectivity index is 1.32. The number of benzene rings is 2. The second kappa shape index (κ2) is 13.7. The quantitative estimate of drug-likeness (QED) is 0.162. The number of anilines is 2. The molecule has 0 aliphatic carbocycles. The fraction of sp³-hybridized carbons (Fsp3) is 0.486. The van der Waals surface area contributed by atoms with E-state index >= 15 is 0 Å². The van der Waals surface area contributed by atoms with E-state index in [1.165, 1.54) is 28.4 Å². The Morgan fingerprint density at radius 3 is 2.75 bits per heavy atom. The maximum Gasteiger partial charge on any atom is 0.318 e. The van der Waals surface area contributed by atoms with Crippen molar-refractivity contribution in [3.05, 3.63) is 76.8 Å². The van der Waals surface area contributed by atoms with Gasteiger partial charge in [0.15, 0.2) is 5.78 Å². The Morgan fingerprint density at radius 2 is 1.98 bits per heavy atom. The minimum Gasteiger partial charge on any atom is -0.462 e. The number of carbonyl (C=O) groups is 1. The molecule has 3 aromatic rings. The van der Waals surface area contributed by atoms with Crippen LogP contribution in [-0.2, 0) is 17.8 Å². The van der Waals surface area contributed by atoms with Crippen LogP contribution in [0.15, 0.2) is 48.6 Å². The van der Waals surface area contributed by atoms with Crippen LogP contribution >= 0.6 is 15.9 Å². The Morgan fingerprint density at radius 1 is 1.14 bits per heavy atom. The zero-order valence-corrected chi connectivity index (χ0v) is 27.3. The van der Waals surface area contributed by atoms with Gasteiger partial charge in [-0.3, -0.25) is 4.79 Å². The number of nitrogens with zero attached hydrogens (tertiary/aromatic N) is 6. The molecule has 9 heteroatoms. The number of halogens is 1. The number of allylic oxidation sites excluding steroid dienone is 2. The molecule has 3 aliphatic heterocycles. The molecular formula is C35H41BrN6O2. The molecule has 0 N–H and O–H groups in total. The van der Waals surface area contributed by atoms with Crippen molar-refractivity contribution in [2.75, 3.05) is 61.5 Å². The first kappa shape index (κ1) is 30.5. The summed E-state index contributed by atoms with van der Waals surface area (Å²) in [4.78, 5) is 33.9. The summed E-state index contributed by atoms with van der Waals surface area (Å²) in [7, 11) is 2.15. The summed E-state index contributed by atoms with van der Waals surface area (Å²) < 4.78 is 6.34. The molecule has 44 heavy (non-hydrogen) atoms. The SMILES string of the molecule is [C-]#[N+]C[C@H]1CN(c2nc(OC[C@@H]3CCCN3C)nc3c2CCN(c2cccc4cccc(C)c24)C3)CCC1C(=O)/C=C/CBr. The summed E-state index contributed by atoms with van der Waals surface area (Å²) >= 11 is 3.37. The number of piperidine rings is 1. The van der Waals surface area contributed by atoms with E-state index in [9.17, 15) is 4.79 Å². The van der Waals surface area contributed by atoms with Crippen molar-refractivity contribution in [1.82, 2.24) is 14.9 Å². The van der Waals surface area contributed by atoms with Crippen molar-refractivity contribution < 1.29 is 9.53 Å². The second-order valence-electron chi connectivity index (χ2n) is 12.4. The number of aryl methyl sites for hydroxylation is 1. The molecule has 0 radical (unpaired) electrons. The molecule has 0 bridgehead atoms. The number of ether oxygens (including phenoxy) is 1. The van der Waals surface area contributed by atoms with E-state index in [0.717, 1.165) is 43.0 Å². The van der Waals surface area contributed by atoms with Crippen molar-refractivity contribution >= 4 is 44.0 Å². The highest BCUT2D eigenvalue weighted by Crippen LogP contribution is 2.37. The van der Waals surface area contributed by atoms with Crippen LogP contribution in [0.5, 0.6) is 6.01 Å². The van der Waals surface area contributed by atoms with Crippen LogP contribution in [0, 0.1) is 25.3 Å². The van der Waals surface area contributed by atoms with E-state index in [2.05, 4.69) is 85.8 Å². The first-order chi connectivity index (χ1) is 21.5. The highest BCUT2D eigenvalue weighted by molar-refractivity contribution is 9.09. The van der Waals surface area contributed by atoms with E-state index < -0.39 is 0 Å². The van der Waals surface area contributed by atoms with E-state index in [4.69, 9.17) is 21.3 Å². The van der Waals surface area contributed by atoms with Gasteiger partial charge < -0.3 is 24.3 Å². The third-order valence-electron chi connectivity index (χ3n) is 9.63. The van der Waals surface area contributed by atoms with Gasteiger partial charge in [-0.15, -0.1) is 0 Å². The number of alkyl halides is 1. The van der Waals surface area contributed by atoms with Gasteiger partial charge in [-0.05, 0) is 69.3 Å². The average Bonchev–Trinajstić information content (AvgIpc) is 3.46. The molecule has 3 aliphatic rings. The maximum atomic E-state index is 13.0. The number of carbonyl (C=O) groups excluding carboxylic acids is 1. The summed E-state index contributed by atoms with van der Waals surface area (Å²) in [6.07, 6.45) is 7.34. The van der Waals surface area contributed by atoms with Gasteiger partial charge in [0, 0.05) is 53.6 Å². The van der Waals surface area contributed by atoms with E-state index in [-0.39, 0.29) is 17.6 Å². The molecule has 0 saturated carbocycles. The summed E-state index contributed by atoms with van der Waals surface area (Å²) in [5, 5.41) is 3.18. The number of hydrogen-bond donors (Lipinski definition) is 0. The molecule has 1 unspecified atom stereocenters. The molecule has 0 spiro atoms. The predicted octanol–water partition coefficient (Wildman–Crippen LogP) is 5.86. The topological polar surface area (TPSA) is 66.2 Å². The van der Waals surface area contributed by atoms with Gasteiger partial charge in [0.05, 0.1) is 18.2 Å². The third kappa shape index (κ3) is 6.33. The fourth-order valence-electron chi connectivity index (χ4n) is 7.24. The standard InChI is InChI=1S/C35H41BrN6O2/c1-24-8-4-9-25-10-5-12-31(33(24)25)41-18-15-29-30(22-41)38-35(44-23-27-11-7-17-40(27)3)39-34(29)42-19-14-28(26(21-42)20-37-2)32(43)13-6-16-36/h4-6,8-10,12-13,26-28H,7,11,14-23H2,1,3H3/b13-6+/t26-,27-,28?/m0/s1. The van der Waals surface area contributed by atoms with Crippen molar-refractivity contribution in [2.45, 2.75) is 45.2 Å². The van der Waals surface area contributed by atoms with Crippen LogP contribution < -0.4 is 14.5 Å². The molecule has 2 aromatic carbocycles. The summed E-state index contributed by atoms with van der Waals surface area (Å²) in [6, 6.07) is 13.8. The Hall–Kier alpha value is -3.48. The normalized spacial score (nSPS) is 22.4. The van der Waals surface area contributed by atoms with Crippen LogP contribution in [0.1, 0.15) is 36.1 Å². The number of aromatic nitrogens is 2. The number of hydrogen-bond acceptors (Lipinski definition) is 7. The fourth-order valence-corrected chi connectivity index (χ4v) is 7.42. The lowest BCUT2D eigenvalue weighted by atomic mass is 9.82. The van der Waals surface area contributed by atoms with Crippen LogP contribution in [0.4, 0.5) is 11.5 Å². The van der Waals surface area contributed by atoms with Gasteiger partial charge in [-0.25, -0.2) is 6.57 Å². The number of rotatable bonds is 9. The van der Waals surface area contributed by atoms with E-state index in [1.807, 2.05) is 6.08 Å². The molecule has 2 fully saturated rings. The molecule has 2 saturated heterocycles. The summed E-state index contributed by atoms with van der Waals surface area (Å²) in [5.41, 5.74) is 4.66. The Bertz CT molecular complexity index is 1580. The van der Waals surface area contributed by atoms with Crippen LogP contribution in [0.3, 0.4) is 0 Å². The summed E-state index contributed by atoms with van der Waals surface area (Å²) in [5.74, 6) is 0.838. The van der Waals surface area contributed by atoms with Gasteiger partial charge in [-0.2, -0.15) is 9.97 Å². The lowest BCUT2D eigenvalue weighted by Gasteiger charge is -2.39. The molecule has 0 amide bonds. The number of fused-ring (bicyclic) bond motifs is 2. The van der Waals surface area contributed by atoms with Crippen molar-refractivity contribution in [2.24, 2.45) is 11.8 Å². The lowest BCUT2D eigenvalue weighted by Crippen LogP contribution is -2.45. The first-order valence-corrected chi connectivity index (χ1v) is 16.9. The summed E-state index contributed by atoms with van der Waals surface area (Å²) in [6.45, 7) is 14.7. The van der Waals surface area contributed by atoms with Gasteiger partial charge in [-0.1, -0.05) is 52.3 Å². The van der Waals surface area contributed by atoms with Crippen molar-refractivity contribution in [3.63, 3.8) is 0 Å². The Labute approximate surface area is 269 Å². The number of likely N-dealkylation sites (N-methyl/N-ethyl adjacent to an activating group) is 1. The third-order valence-corrected chi connectivity index (χ3v) is 10.0. The molecular weight excluding hydrogens is 616 g/mol. The molecule has 3 atom stereocenters. The first-order valence-electron chi connectivity index (χ1n) is 15.8. The average molecular weight is 658 g/mol. The highest BCUT2D eigenvalue weighted by Gasteiger charge is 2.37. The predicted molar refractivity (Wildman–Crippen MR) is 180 cm³/mol.